The standard InChI is InChI=1S/C11H11F2N3O/c1-11(12,13)8-4-2-7(3-5-8)10-15-9(6-14)17-16-10/h2-5H,6,14H2,1H3. The Kier molecular flexibility index (Phi) is 2.89. The van der Waals surface area contributed by atoms with Crippen LogP contribution in [0.4, 0.5) is 8.78 Å². The molecule has 0 atom stereocenters. The molecule has 1 aromatic carbocycles. The van der Waals surface area contributed by atoms with Crippen molar-refractivity contribution in [1.29, 1.82) is 0 Å². The molecule has 0 radical (unpaired) electrons. The van der Waals surface area contributed by atoms with Gasteiger partial charge in [-0.3, -0.25) is 0 Å². The lowest BCUT2D eigenvalue weighted by molar-refractivity contribution is 0.0175. The maximum absolute atomic E-state index is 13.0. The number of hydrogen-bond donors (Lipinski definition) is 1. The molecule has 4 nitrogen and oxygen atoms in total. The first-order valence-corrected chi connectivity index (χ1v) is 5.02. The second kappa shape index (κ2) is 4.21. The molecule has 2 aromatic rings. The van der Waals surface area contributed by atoms with Crippen molar-refractivity contribution < 1.29 is 13.3 Å². The average molecular weight is 239 g/mol. The quantitative estimate of drug-likeness (QED) is 0.892. The first kappa shape index (κ1) is 11.7. The van der Waals surface area contributed by atoms with Crippen LogP contribution in [0.15, 0.2) is 28.8 Å². The monoisotopic (exact) mass is 239 g/mol. The Balaban J connectivity index is 2.29. The minimum absolute atomic E-state index is 0.0520. The van der Waals surface area contributed by atoms with Crippen LogP contribution in [0.5, 0.6) is 0 Å². The summed E-state index contributed by atoms with van der Waals surface area (Å²) in [5.41, 5.74) is 5.89. The Morgan fingerprint density at radius 2 is 1.94 bits per heavy atom. The van der Waals surface area contributed by atoms with Gasteiger partial charge < -0.3 is 10.3 Å². The maximum Gasteiger partial charge on any atom is 0.270 e. The summed E-state index contributed by atoms with van der Waals surface area (Å²) in [7, 11) is 0. The number of halogens is 2. The highest BCUT2D eigenvalue weighted by Gasteiger charge is 2.23. The molecule has 17 heavy (non-hydrogen) atoms. The SMILES string of the molecule is CC(F)(F)c1ccc(-c2noc(CN)n2)cc1. The normalized spacial score (nSPS) is 11.8. The van der Waals surface area contributed by atoms with E-state index in [1.807, 2.05) is 0 Å². The summed E-state index contributed by atoms with van der Waals surface area (Å²) in [6.07, 6.45) is 0. The number of hydrogen-bond acceptors (Lipinski definition) is 4. The van der Waals surface area contributed by atoms with Crippen molar-refractivity contribution in [2.75, 3.05) is 0 Å². The van der Waals surface area contributed by atoms with Gasteiger partial charge in [0.15, 0.2) is 0 Å². The number of aromatic nitrogens is 2. The van der Waals surface area contributed by atoms with E-state index in [2.05, 4.69) is 10.1 Å². The third kappa shape index (κ3) is 2.47. The van der Waals surface area contributed by atoms with Gasteiger partial charge in [-0.05, 0) is 0 Å². The molecule has 90 valence electrons. The van der Waals surface area contributed by atoms with Crippen molar-refractivity contribution in [2.24, 2.45) is 5.73 Å². The molecule has 0 aliphatic heterocycles. The van der Waals surface area contributed by atoms with E-state index in [-0.39, 0.29) is 12.1 Å². The predicted octanol–water partition coefficient (Wildman–Crippen LogP) is 2.31. The largest absolute Gasteiger partial charge is 0.338 e. The van der Waals surface area contributed by atoms with E-state index < -0.39 is 5.92 Å². The molecular formula is C11H11F2N3O. The molecule has 0 unspecified atom stereocenters. The number of benzene rings is 1. The summed E-state index contributed by atoms with van der Waals surface area (Å²) in [4.78, 5) is 4.00. The second-order valence-corrected chi connectivity index (χ2v) is 3.68. The van der Waals surface area contributed by atoms with Gasteiger partial charge in [0.05, 0.1) is 6.54 Å². The zero-order valence-electron chi connectivity index (χ0n) is 9.15. The minimum atomic E-state index is -2.85. The van der Waals surface area contributed by atoms with Crippen LogP contribution >= 0.6 is 0 Å². The van der Waals surface area contributed by atoms with Crippen LogP contribution < -0.4 is 5.73 Å². The van der Waals surface area contributed by atoms with E-state index in [1.165, 1.54) is 24.3 Å². The van der Waals surface area contributed by atoms with Crippen molar-refractivity contribution in [2.45, 2.75) is 19.4 Å². The van der Waals surface area contributed by atoms with E-state index in [0.717, 1.165) is 6.92 Å². The predicted molar refractivity (Wildman–Crippen MR) is 57.2 cm³/mol. The highest BCUT2D eigenvalue weighted by atomic mass is 19.3. The summed E-state index contributed by atoms with van der Waals surface area (Å²) >= 11 is 0. The fourth-order valence-electron chi connectivity index (χ4n) is 1.37. The van der Waals surface area contributed by atoms with E-state index in [4.69, 9.17) is 10.3 Å². The van der Waals surface area contributed by atoms with Crippen LogP contribution in [0.1, 0.15) is 18.4 Å². The lowest BCUT2D eigenvalue weighted by Gasteiger charge is -2.09. The van der Waals surface area contributed by atoms with E-state index in [0.29, 0.717) is 17.3 Å². The van der Waals surface area contributed by atoms with Gasteiger partial charge in [-0.1, -0.05) is 29.4 Å². The van der Waals surface area contributed by atoms with Gasteiger partial charge in [0.2, 0.25) is 11.7 Å². The summed E-state index contributed by atoms with van der Waals surface area (Å²) < 4.78 is 30.8. The van der Waals surface area contributed by atoms with Crippen molar-refractivity contribution in [3.63, 3.8) is 0 Å². The lowest BCUT2D eigenvalue weighted by Crippen LogP contribution is -2.06. The number of alkyl halides is 2. The first-order valence-electron chi connectivity index (χ1n) is 5.02. The molecule has 2 rings (SSSR count). The zero-order chi connectivity index (χ0) is 12.5. The van der Waals surface area contributed by atoms with E-state index in [1.54, 1.807) is 0 Å². The third-order valence-corrected chi connectivity index (χ3v) is 2.29. The highest BCUT2D eigenvalue weighted by Crippen LogP contribution is 2.28. The minimum Gasteiger partial charge on any atom is -0.338 e. The Hall–Kier alpha value is -1.82. The van der Waals surface area contributed by atoms with Crippen LogP contribution in [-0.4, -0.2) is 10.1 Å². The molecule has 0 spiro atoms. The van der Waals surface area contributed by atoms with E-state index >= 15 is 0 Å². The highest BCUT2D eigenvalue weighted by molar-refractivity contribution is 5.54. The third-order valence-electron chi connectivity index (χ3n) is 2.29. The average Bonchev–Trinajstić information content (AvgIpc) is 2.76. The van der Waals surface area contributed by atoms with Crippen LogP contribution in [0.3, 0.4) is 0 Å². The fraction of sp³-hybridized carbons (Fsp3) is 0.273. The Labute approximate surface area is 96.4 Å². The molecule has 0 saturated carbocycles. The van der Waals surface area contributed by atoms with Gasteiger partial charge in [-0.2, -0.15) is 4.98 Å². The van der Waals surface area contributed by atoms with Crippen LogP contribution in [0, 0.1) is 0 Å². The molecular weight excluding hydrogens is 228 g/mol. The second-order valence-electron chi connectivity index (χ2n) is 3.68. The fourth-order valence-corrected chi connectivity index (χ4v) is 1.37. The van der Waals surface area contributed by atoms with Crippen LogP contribution in [-0.2, 0) is 12.5 Å². The number of nitrogens with two attached hydrogens (primary N) is 1. The summed E-state index contributed by atoms with van der Waals surface area (Å²) in [6, 6.07) is 5.73. The molecule has 0 bridgehead atoms. The van der Waals surface area contributed by atoms with Crippen molar-refractivity contribution in [3.8, 4) is 11.4 Å². The Morgan fingerprint density at radius 1 is 1.29 bits per heavy atom. The Morgan fingerprint density at radius 3 is 2.41 bits per heavy atom. The molecule has 0 aliphatic carbocycles. The lowest BCUT2D eigenvalue weighted by atomic mass is 10.1. The molecule has 0 fully saturated rings. The van der Waals surface area contributed by atoms with E-state index in [9.17, 15) is 8.78 Å². The van der Waals surface area contributed by atoms with Gasteiger partial charge in [-0.15, -0.1) is 0 Å². The molecule has 6 heteroatoms. The molecule has 2 N–H and O–H groups in total. The first-order chi connectivity index (χ1) is 8.00. The van der Waals surface area contributed by atoms with Gasteiger partial charge in [-0.25, -0.2) is 8.78 Å². The maximum atomic E-state index is 13.0. The van der Waals surface area contributed by atoms with Crippen molar-refractivity contribution in [3.05, 3.63) is 35.7 Å². The molecule has 0 saturated heterocycles. The molecule has 0 amide bonds. The summed E-state index contributed by atoms with van der Waals surface area (Å²) in [5, 5.41) is 3.70. The number of nitrogens with zero attached hydrogens (tertiary/aromatic N) is 2. The van der Waals surface area contributed by atoms with Gasteiger partial charge in [0, 0.05) is 18.1 Å². The van der Waals surface area contributed by atoms with Gasteiger partial charge in [0.1, 0.15) is 0 Å². The van der Waals surface area contributed by atoms with Crippen molar-refractivity contribution >= 4 is 0 Å². The summed E-state index contributed by atoms with van der Waals surface area (Å²) in [5.74, 6) is -2.20. The molecule has 1 heterocycles. The van der Waals surface area contributed by atoms with Gasteiger partial charge >= 0.3 is 0 Å². The Bertz CT molecular complexity index is 502. The molecule has 0 aliphatic rings. The van der Waals surface area contributed by atoms with Gasteiger partial charge in [0.25, 0.3) is 5.92 Å². The molecule has 1 aromatic heterocycles. The van der Waals surface area contributed by atoms with Crippen LogP contribution in [0.2, 0.25) is 0 Å². The van der Waals surface area contributed by atoms with Crippen LogP contribution in [0.25, 0.3) is 11.4 Å². The number of rotatable bonds is 3. The zero-order valence-corrected chi connectivity index (χ0v) is 9.15. The topological polar surface area (TPSA) is 64.9 Å². The van der Waals surface area contributed by atoms with Crippen molar-refractivity contribution in [1.82, 2.24) is 10.1 Å². The smallest absolute Gasteiger partial charge is 0.270 e. The summed E-state index contributed by atoms with van der Waals surface area (Å²) in [6.45, 7) is 1.00.